The molecule has 2 aromatic carbocycles. The summed E-state index contributed by atoms with van der Waals surface area (Å²) in [4.78, 5) is 24.6. The molecular formula is C18H16ClN3O2. The fraction of sp³-hybridized carbons (Fsp3) is 0.111. The van der Waals surface area contributed by atoms with Gasteiger partial charge in [0.25, 0.3) is 5.91 Å². The van der Waals surface area contributed by atoms with E-state index in [2.05, 4.69) is 5.43 Å². The molecule has 0 aliphatic heterocycles. The standard InChI is InChI=1S/C18H16ClN3O2/c1-11-2-7-14-16(8-11)22(10-17(23)21-20)9-15(18(14)24)12-3-5-13(19)6-4-12/h2-9H,10,20H2,1H3,(H,21,23). The van der Waals surface area contributed by atoms with Crippen LogP contribution in [0.4, 0.5) is 0 Å². The molecule has 5 nitrogen and oxygen atoms in total. The van der Waals surface area contributed by atoms with Crippen molar-refractivity contribution in [3.8, 4) is 11.1 Å². The van der Waals surface area contributed by atoms with Crippen LogP contribution in [0.25, 0.3) is 22.0 Å². The molecule has 3 rings (SSSR count). The number of aromatic nitrogens is 1. The van der Waals surface area contributed by atoms with Crippen molar-refractivity contribution in [2.45, 2.75) is 13.5 Å². The van der Waals surface area contributed by atoms with Crippen LogP contribution in [0, 0.1) is 6.92 Å². The first-order valence-corrected chi connectivity index (χ1v) is 7.76. The van der Waals surface area contributed by atoms with Crippen LogP contribution in [0.1, 0.15) is 5.56 Å². The number of hydrazine groups is 1. The summed E-state index contributed by atoms with van der Waals surface area (Å²) in [6, 6.07) is 12.6. The van der Waals surface area contributed by atoms with Gasteiger partial charge in [0.05, 0.1) is 5.52 Å². The fourth-order valence-electron chi connectivity index (χ4n) is 2.67. The van der Waals surface area contributed by atoms with E-state index in [0.29, 0.717) is 21.5 Å². The van der Waals surface area contributed by atoms with E-state index in [1.165, 1.54) is 0 Å². The first-order chi connectivity index (χ1) is 11.5. The van der Waals surface area contributed by atoms with Gasteiger partial charge in [-0.1, -0.05) is 29.8 Å². The zero-order chi connectivity index (χ0) is 17.3. The second-order valence-corrected chi connectivity index (χ2v) is 6.03. The van der Waals surface area contributed by atoms with Gasteiger partial charge in [-0.2, -0.15) is 0 Å². The zero-order valence-corrected chi connectivity index (χ0v) is 13.8. The summed E-state index contributed by atoms with van der Waals surface area (Å²) in [6.07, 6.45) is 1.68. The average Bonchev–Trinajstić information content (AvgIpc) is 2.58. The van der Waals surface area contributed by atoms with Gasteiger partial charge >= 0.3 is 0 Å². The molecule has 1 amide bonds. The summed E-state index contributed by atoms with van der Waals surface area (Å²) in [6.45, 7) is 1.96. The molecule has 0 unspecified atom stereocenters. The molecule has 6 heteroatoms. The Morgan fingerprint density at radius 1 is 1.21 bits per heavy atom. The maximum atomic E-state index is 12.9. The Labute approximate surface area is 143 Å². The first kappa shape index (κ1) is 16.2. The lowest BCUT2D eigenvalue weighted by atomic mass is 10.0. The van der Waals surface area contributed by atoms with Gasteiger partial charge in [-0.15, -0.1) is 0 Å². The molecule has 1 aromatic heterocycles. The Morgan fingerprint density at radius 2 is 1.92 bits per heavy atom. The Balaban J connectivity index is 2.29. The highest BCUT2D eigenvalue weighted by Gasteiger charge is 2.13. The summed E-state index contributed by atoms with van der Waals surface area (Å²) in [5, 5.41) is 1.15. The second kappa shape index (κ2) is 6.47. The van der Waals surface area contributed by atoms with Crippen LogP contribution >= 0.6 is 11.6 Å². The monoisotopic (exact) mass is 341 g/mol. The van der Waals surface area contributed by atoms with Crippen molar-refractivity contribution in [3.63, 3.8) is 0 Å². The average molecular weight is 342 g/mol. The van der Waals surface area contributed by atoms with Gasteiger partial charge in [-0.25, -0.2) is 5.84 Å². The summed E-state index contributed by atoms with van der Waals surface area (Å²) < 4.78 is 1.73. The van der Waals surface area contributed by atoms with E-state index in [9.17, 15) is 9.59 Å². The molecule has 0 saturated carbocycles. The highest BCUT2D eigenvalue weighted by molar-refractivity contribution is 6.30. The van der Waals surface area contributed by atoms with Crippen molar-refractivity contribution >= 4 is 28.4 Å². The van der Waals surface area contributed by atoms with Gasteiger partial charge in [0.1, 0.15) is 6.54 Å². The molecule has 3 N–H and O–H groups in total. The Morgan fingerprint density at radius 3 is 2.58 bits per heavy atom. The quantitative estimate of drug-likeness (QED) is 0.437. The number of rotatable bonds is 3. The Kier molecular flexibility index (Phi) is 4.38. The van der Waals surface area contributed by atoms with E-state index in [1.807, 2.05) is 19.1 Å². The molecule has 0 saturated heterocycles. The number of nitrogens with zero attached hydrogens (tertiary/aromatic N) is 1. The molecule has 0 radical (unpaired) electrons. The predicted octanol–water partition coefficient (Wildman–Crippen LogP) is 2.62. The topological polar surface area (TPSA) is 77.1 Å². The van der Waals surface area contributed by atoms with E-state index < -0.39 is 0 Å². The van der Waals surface area contributed by atoms with Crippen LogP contribution in [-0.4, -0.2) is 10.5 Å². The lowest BCUT2D eigenvalue weighted by Gasteiger charge is -2.13. The van der Waals surface area contributed by atoms with Gasteiger partial charge in [0, 0.05) is 22.2 Å². The minimum atomic E-state index is -0.344. The largest absolute Gasteiger partial charge is 0.337 e. The fourth-order valence-corrected chi connectivity index (χ4v) is 2.79. The first-order valence-electron chi connectivity index (χ1n) is 7.39. The summed E-state index contributed by atoms with van der Waals surface area (Å²) in [7, 11) is 0. The molecule has 0 aliphatic carbocycles. The normalized spacial score (nSPS) is 10.8. The molecule has 122 valence electrons. The number of fused-ring (bicyclic) bond motifs is 1. The molecule has 0 spiro atoms. The smallest absolute Gasteiger partial charge is 0.253 e. The van der Waals surface area contributed by atoms with Gasteiger partial charge in [0.15, 0.2) is 5.43 Å². The van der Waals surface area contributed by atoms with Crippen molar-refractivity contribution in [1.29, 1.82) is 0 Å². The van der Waals surface area contributed by atoms with Crippen molar-refractivity contribution in [2.24, 2.45) is 5.84 Å². The van der Waals surface area contributed by atoms with Crippen LogP contribution in [0.5, 0.6) is 0 Å². The SMILES string of the molecule is Cc1ccc2c(=O)c(-c3ccc(Cl)cc3)cn(CC(=O)NN)c2c1. The molecule has 0 fully saturated rings. The lowest BCUT2D eigenvalue weighted by Crippen LogP contribution is -2.33. The molecule has 3 aromatic rings. The van der Waals surface area contributed by atoms with E-state index >= 15 is 0 Å². The number of amides is 1. The van der Waals surface area contributed by atoms with Crippen LogP contribution < -0.4 is 16.7 Å². The molecule has 24 heavy (non-hydrogen) atoms. The number of aryl methyl sites for hydroxylation is 1. The number of nitrogens with one attached hydrogen (secondary N) is 1. The summed E-state index contributed by atoms with van der Waals surface area (Å²) >= 11 is 5.92. The van der Waals surface area contributed by atoms with Crippen LogP contribution in [-0.2, 0) is 11.3 Å². The van der Waals surface area contributed by atoms with Crippen LogP contribution in [0.2, 0.25) is 5.02 Å². The zero-order valence-electron chi connectivity index (χ0n) is 13.0. The third kappa shape index (κ3) is 3.04. The number of pyridine rings is 1. The molecular weight excluding hydrogens is 326 g/mol. The number of halogens is 1. The van der Waals surface area contributed by atoms with E-state index in [0.717, 1.165) is 11.1 Å². The highest BCUT2D eigenvalue weighted by Crippen LogP contribution is 2.22. The number of carbonyl (C=O) groups excluding carboxylic acids is 1. The Bertz CT molecular complexity index is 978. The van der Waals surface area contributed by atoms with E-state index in [1.54, 1.807) is 41.1 Å². The summed E-state index contributed by atoms with van der Waals surface area (Å²) in [5.74, 6) is 4.86. The van der Waals surface area contributed by atoms with Crippen molar-refractivity contribution in [2.75, 3.05) is 0 Å². The number of benzene rings is 2. The maximum Gasteiger partial charge on any atom is 0.253 e. The van der Waals surface area contributed by atoms with Gasteiger partial charge in [-0.05, 0) is 42.3 Å². The lowest BCUT2D eigenvalue weighted by molar-refractivity contribution is -0.121. The highest BCUT2D eigenvalue weighted by atomic mass is 35.5. The number of hydrogen-bond acceptors (Lipinski definition) is 3. The second-order valence-electron chi connectivity index (χ2n) is 5.59. The Hall–Kier alpha value is -2.63. The third-order valence-electron chi connectivity index (χ3n) is 3.87. The van der Waals surface area contributed by atoms with Crippen LogP contribution in [0.3, 0.4) is 0 Å². The molecule has 0 aliphatic rings. The minimum Gasteiger partial charge on any atom is -0.337 e. The van der Waals surface area contributed by atoms with Gasteiger partial charge in [-0.3, -0.25) is 15.0 Å². The summed E-state index contributed by atoms with van der Waals surface area (Å²) in [5.41, 5.74) is 4.98. The van der Waals surface area contributed by atoms with Crippen molar-refractivity contribution in [1.82, 2.24) is 9.99 Å². The van der Waals surface area contributed by atoms with Gasteiger partial charge in [0.2, 0.25) is 0 Å². The molecule has 0 bridgehead atoms. The van der Waals surface area contributed by atoms with Crippen molar-refractivity contribution in [3.05, 3.63) is 69.5 Å². The van der Waals surface area contributed by atoms with Crippen molar-refractivity contribution < 1.29 is 4.79 Å². The van der Waals surface area contributed by atoms with Crippen LogP contribution in [0.15, 0.2) is 53.5 Å². The molecule has 0 atom stereocenters. The number of hydrogen-bond donors (Lipinski definition) is 2. The molecule has 1 heterocycles. The van der Waals surface area contributed by atoms with Gasteiger partial charge < -0.3 is 4.57 Å². The van der Waals surface area contributed by atoms with E-state index in [-0.39, 0.29) is 17.9 Å². The van der Waals surface area contributed by atoms with E-state index in [4.69, 9.17) is 17.4 Å². The number of nitrogens with two attached hydrogens (primary N) is 1. The minimum absolute atomic E-state index is 0.0251. The third-order valence-corrected chi connectivity index (χ3v) is 4.12. The number of carbonyl (C=O) groups is 1. The predicted molar refractivity (Wildman–Crippen MR) is 95.7 cm³/mol. The maximum absolute atomic E-state index is 12.9.